The second-order valence-corrected chi connectivity index (χ2v) is 8.00. The van der Waals surface area contributed by atoms with Gasteiger partial charge in [0, 0.05) is 18.0 Å². The van der Waals surface area contributed by atoms with Crippen LogP contribution >= 0.6 is 11.3 Å². The van der Waals surface area contributed by atoms with Crippen LogP contribution in [0, 0.1) is 5.92 Å². The second kappa shape index (κ2) is 7.08. The van der Waals surface area contributed by atoms with Crippen molar-refractivity contribution < 1.29 is 9.59 Å². The number of thiophene rings is 1. The molecule has 2 amide bonds. The van der Waals surface area contributed by atoms with E-state index >= 15 is 0 Å². The van der Waals surface area contributed by atoms with Crippen LogP contribution in [0.5, 0.6) is 0 Å². The van der Waals surface area contributed by atoms with Crippen molar-refractivity contribution in [3.05, 3.63) is 64.0 Å². The van der Waals surface area contributed by atoms with Gasteiger partial charge in [-0.3, -0.25) is 14.5 Å². The molecule has 1 aromatic heterocycles. The highest BCUT2D eigenvalue weighted by Gasteiger charge is 2.42. The maximum absolute atomic E-state index is 13.2. The summed E-state index contributed by atoms with van der Waals surface area (Å²) in [4.78, 5) is 30.8. The van der Waals surface area contributed by atoms with Crippen molar-refractivity contribution in [1.82, 2.24) is 9.80 Å². The third-order valence-corrected chi connectivity index (χ3v) is 6.08. The fraction of sp³-hybridized carbons (Fsp3) is 0.333. The molecule has 0 saturated carbocycles. The zero-order valence-corrected chi connectivity index (χ0v) is 15.7. The van der Waals surface area contributed by atoms with Crippen molar-refractivity contribution in [2.75, 3.05) is 13.1 Å². The van der Waals surface area contributed by atoms with Gasteiger partial charge in [-0.05, 0) is 35.8 Å². The van der Waals surface area contributed by atoms with Crippen LogP contribution in [0.25, 0.3) is 5.57 Å². The highest BCUT2D eigenvalue weighted by molar-refractivity contribution is 7.11. The molecule has 0 atom stereocenters. The number of carbonyl (C=O) groups excluding carboxylic acids is 2. The lowest BCUT2D eigenvalue weighted by Crippen LogP contribution is -2.38. The molecule has 0 radical (unpaired) electrons. The Morgan fingerprint density at radius 2 is 1.73 bits per heavy atom. The Morgan fingerprint density at radius 1 is 1.00 bits per heavy atom. The van der Waals surface area contributed by atoms with Crippen molar-refractivity contribution >= 4 is 28.7 Å². The van der Waals surface area contributed by atoms with Gasteiger partial charge in [-0.15, -0.1) is 11.3 Å². The van der Waals surface area contributed by atoms with Gasteiger partial charge in [-0.1, -0.05) is 43.3 Å². The van der Waals surface area contributed by atoms with Crippen LogP contribution in [-0.2, 0) is 16.1 Å². The Balaban J connectivity index is 1.69. The molecule has 4 rings (SSSR count). The largest absolute Gasteiger partial charge is 0.366 e. The van der Waals surface area contributed by atoms with Crippen LogP contribution in [0.4, 0.5) is 0 Å². The highest BCUT2D eigenvalue weighted by Crippen LogP contribution is 2.36. The Bertz CT molecular complexity index is 834. The molecule has 2 aliphatic rings. The number of imide groups is 1. The summed E-state index contributed by atoms with van der Waals surface area (Å²) in [6.45, 7) is 4.24. The third-order valence-electron chi connectivity index (χ3n) is 5.19. The summed E-state index contributed by atoms with van der Waals surface area (Å²) >= 11 is 1.52. The summed E-state index contributed by atoms with van der Waals surface area (Å²) in [5.41, 5.74) is 2.14. The zero-order valence-electron chi connectivity index (χ0n) is 14.9. The van der Waals surface area contributed by atoms with E-state index in [1.54, 1.807) is 0 Å². The Labute approximate surface area is 157 Å². The zero-order chi connectivity index (χ0) is 18.1. The molecule has 5 heteroatoms. The summed E-state index contributed by atoms with van der Waals surface area (Å²) in [5.74, 6) is 0.344. The van der Waals surface area contributed by atoms with Crippen molar-refractivity contribution in [1.29, 1.82) is 0 Å². The van der Waals surface area contributed by atoms with Gasteiger partial charge < -0.3 is 4.90 Å². The molecule has 1 fully saturated rings. The Kier molecular flexibility index (Phi) is 4.64. The molecule has 0 bridgehead atoms. The fourth-order valence-electron chi connectivity index (χ4n) is 3.64. The van der Waals surface area contributed by atoms with E-state index in [1.165, 1.54) is 16.2 Å². The maximum atomic E-state index is 13.2. The van der Waals surface area contributed by atoms with Crippen molar-refractivity contribution in [2.24, 2.45) is 5.92 Å². The van der Waals surface area contributed by atoms with E-state index < -0.39 is 0 Å². The van der Waals surface area contributed by atoms with Gasteiger partial charge in [0.05, 0.1) is 12.1 Å². The standard InChI is InChI=1S/C21H22N2O2S/c1-15-9-11-22(12-10-15)19-18(17-8-5-13-26-17)20(24)23(21(19)25)14-16-6-3-2-4-7-16/h2-8,13,15H,9-12,14H2,1H3. The van der Waals surface area contributed by atoms with E-state index in [0.717, 1.165) is 36.4 Å². The topological polar surface area (TPSA) is 40.6 Å². The Hall–Kier alpha value is -2.40. The molecule has 2 aliphatic heterocycles. The molecule has 0 N–H and O–H groups in total. The minimum Gasteiger partial charge on any atom is -0.366 e. The van der Waals surface area contributed by atoms with Crippen LogP contribution in [0.3, 0.4) is 0 Å². The number of hydrogen-bond donors (Lipinski definition) is 0. The van der Waals surface area contributed by atoms with Gasteiger partial charge in [0.15, 0.2) is 0 Å². The van der Waals surface area contributed by atoms with Gasteiger partial charge >= 0.3 is 0 Å². The molecule has 1 saturated heterocycles. The SMILES string of the molecule is CC1CCN(C2=C(c3cccs3)C(=O)N(Cc3ccccc3)C2=O)CC1. The lowest BCUT2D eigenvalue weighted by Gasteiger charge is -2.32. The molecular weight excluding hydrogens is 344 g/mol. The maximum Gasteiger partial charge on any atom is 0.278 e. The summed E-state index contributed by atoms with van der Waals surface area (Å²) < 4.78 is 0. The number of benzene rings is 1. The van der Waals surface area contributed by atoms with E-state index in [2.05, 4.69) is 11.8 Å². The average molecular weight is 366 g/mol. The molecule has 1 aromatic carbocycles. The molecule has 2 aromatic rings. The van der Waals surface area contributed by atoms with Crippen molar-refractivity contribution in [3.8, 4) is 0 Å². The summed E-state index contributed by atoms with van der Waals surface area (Å²) in [6, 6.07) is 13.6. The van der Waals surface area contributed by atoms with E-state index in [9.17, 15) is 9.59 Å². The first-order valence-corrected chi connectivity index (χ1v) is 9.96. The smallest absolute Gasteiger partial charge is 0.278 e. The molecule has 0 aliphatic carbocycles. The molecular formula is C21H22N2O2S. The highest BCUT2D eigenvalue weighted by atomic mass is 32.1. The lowest BCUT2D eigenvalue weighted by molar-refractivity contribution is -0.138. The number of hydrogen-bond acceptors (Lipinski definition) is 4. The van der Waals surface area contributed by atoms with Crippen LogP contribution < -0.4 is 0 Å². The number of nitrogens with zero attached hydrogens (tertiary/aromatic N) is 2. The second-order valence-electron chi connectivity index (χ2n) is 7.05. The number of likely N-dealkylation sites (tertiary alicyclic amines) is 1. The normalized spacial score (nSPS) is 19.0. The number of amides is 2. The molecule has 26 heavy (non-hydrogen) atoms. The van der Waals surface area contributed by atoms with Gasteiger partial charge in [-0.25, -0.2) is 0 Å². The summed E-state index contributed by atoms with van der Waals surface area (Å²) in [6.07, 6.45) is 2.11. The summed E-state index contributed by atoms with van der Waals surface area (Å²) in [5, 5.41) is 1.95. The fourth-order valence-corrected chi connectivity index (χ4v) is 4.40. The van der Waals surface area contributed by atoms with Gasteiger partial charge in [-0.2, -0.15) is 0 Å². The van der Waals surface area contributed by atoms with E-state index in [1.807, 2.05) is 47.8 Å². The predicted molar refractivity (Wildman–Crippen MR) is 103 cm³/mol. The van der Waals surface area contributed by atoms with Crippen LogP contribution in [0.1, 0.15) is 30.2 Å². The summed E-state index contributed by atoms with van der Waals surface area (Å²) in [7, 11) is 0. The number of rotatable bonds is 4. The lowest BCUT2D eigenvalue weighted by atomic mass is 9.98. The van der Waals surface area contributed by atoms with Crippen LogP contribution in [-0.4, -0.2) is 34.7 Å². The molecule has 4 nitrogen and oxygen atoms in total. The van der Waals surface area contributed by atoms with E-state index in [-0.39, 0.29) is 11.8 Å². The first kappa shape index (κ1) is 17.0. The van der Waals surface area contributed by atoms with Gasteiger partial charge in [0.1, 0.15) is 5.70 Å². The Morgan fingerprint density at radius 3 is 2.38 bits per heavy atom. The quantitative estimate of drug-likeness (QED) is 0.774. The first-order valence-electron chi connectivity index (χ1n) is 9.08. The third kappa shape index (κ3) is 3.07. The van der Waals surface area contributed by atoms with Crippen LogP contribution in [0.15, 0.2) is 53.5 Å². The predicted octanol–water partition coefficient (Wildman–Crippen LogP) is 3.76. The van der Waals surface area contributed by atoms with E-state index in [4.69, 9.17) is 0 Å². The first-order chi connectivity index (χ1) is 12.6. The van der Waals surface area contributed by atoms with Gasteiger partial charge in [0.2, 0.25) is 0 Å². The molecule has 3 heterocycles. The number of carbonyl (C=O) groups is 2. The van der Waals surface area contributed by atoms with Crippen molar-refractivity contribution in [2.45, 2.75) is 26.3 Å². The number of piperidine rings is 1. The van der Waals surface area contributed by atoms with Crippen molar-refractivity contribution in [3.63, 3.8) is 0 Å². The van der Waals surface area contributed by atoms with Gasteiger partial charge in [0.25, 0.3) is 11.8 Å². The van der Waals surface area contributed by atoms with E-state index in [0.29, 0.717) is 23.7 Å². The molecule has 0 unspecified atom stereocenters. The minimum atomic E-state index is -0.171. The minimum absolute atomic E-state index is 0.156. The average Bonchev–Trinajstić information content (AvgIpc) is 3.26. The molecule has 0 spiro atoms. The monoisotopic (exact) mass is 366 g/mol. The molecule has 134 valence electrons. The van der Waals surface area contributed by atoms with Crippen LogP contribution in [0.2, 0.25) is 0 Å².